The van der Waals surface area contributed by atoms with Crippen molar-refractivity contribution in [1.29, 1.82) is 0 Å². The van der Waals surface area contributed by atoms with Gasteiger partial charge in [-0.15, -0.1) is 23.1 Å². The fourth-order valence-electron chi connectivity index (χ4n) is 3.82. The van der Waals surface area contributed by atoms with E-state index in [0.29, 0.717) is 32.9 Å². The predicted octanol–water partition coefficient (Wildman–Crippen LogP) is 5.51. The van der Waals surface area contributed by atoms with Crippen molar-refractivity contribution in [2.75, 3.05) is 16.4 Å². The Bertz CT molecular complexity index is 1460. The zero-order valence-corrected chi connectivity index (χ0v) is 19.9. The van der Waals surface area contributed by atoms with Crippen LogP contribution in [0, 0.1) is 0 Å². The summed E-state index contributed by atoms with van der Waals surface area (Å²) in [6.07, 6.45) is 0. The Balaban J connectivity index is 1.23. The first-order chi connectivity index (χ1) is 17.0. The smallest absolute Gasteiger partial charge is 0.265 e. The number of anilines is 2. The molecule has 0 atom stereocenters. The fraction of sp³-hybridized carbons (Fsp3) is 0.0370. The van der Waals surface area contributed by atoms with E-state index in [2.05, 4.69) is 10.6 Å². The molecule has 2 N–H and O–H groups in total. The minimum atomic E-state index is -0.294. The van der Waals surface area contributed by atoms with Crippen molar-refractivity contribution < 1.29 is 19.2 Å². The number of ketones is 2. The molecule has 8 heteroatoms. The molecule has 0 radical (unpaired) electrons. The molecular formula is C27H18N2O4S2. The van der Waals surface area contributed by atoms with Gasteiger partial charge in [-0.2, -0.15) is 0 Å². The highest BCUT2D eigenvalue weighted by molar-refractivity contribution is 8.00. The van der Waals surface area contributed by atoms with Crippen LogP contribution in [0.2, 0.25) is 0 Å². The van der Waals surface area contributed by atoms with E-state index in [1.54, 1.807) is 60.7 Å². The van der Waals surface area contributed by atoms with Gasteiger partial charge in [-0.3, -0.25) is 19.2 Å². The Hall–Kier alpha value is -4.01. The van der Waals surface area contributed by atoms with Crippen LogP contribution in [0.4, 0.5) is 11.4 Å². The molecule has 4 aromatic rings. The van der Waals surface area contributed by atoms with Gasteiger partial charge in [0.05, 0.1) is 21.9 Å². The highest BCUT2D eigenvalue weighted by atomic mass is 32.2. The summed E-state index contributed by atoms with van der Waals surface area (Å²) >= 11 is 2.70. The number of carbonyl (C=O) groups excluding carboxylic acids is 4. The van der Waals surface area contributed by atoms with Crippen LogP contribution >= 0.6 is 23.1 Å². The van der Waals surface area contributed by atoms with E-state index in [0.717, 1.165) is 4.90 Å². The summed E-state index contributed by atoms with van der Waals surface area (Å²) in [5, 5.41) is 7.47. The zero-order chi connectivity index (χ0) is 24.4. The summed E-state index contributed by atoms with van der Waals surface area (Å²) in [5.41, 5.74) is 2.22. The molecule has 2 amide bonds. The maximum Gasteiger partial charge on any atom is 0.265 e. The van der Waals surface area contributed by atoms with Crippen LogP contribution in [-0.4, -0.2) is 29.1 Å². The number of benzene rings is 3. The average molecular weight is 499 g/mol. The quantitative estimate of drug-likeness (QED) is 0.301. The van der Waals surface area contributed by atoms with Crippen molar-refractivity contribution in [2.24, 2.45) is 0 Å². The number of carbonyl (C=O) groups is 4. The summed E-state index contributed by atoms with van der Waals surface area (Å²) in [6, 6.07) is 22.4. The van der Waals surface area contributed by atoms with E-state index in [9.17, 15) is 19.2 Å². The van der Waals surface area contributed by atoms with Crippen molar-refractivity contribution in [1.82, 2.24) is 0 Å². The lowest BCUT2D eigenvalue weighted by molar-refractivity contribution is -0.113. The predicted molar refractivity (Wildman–Crippen MR) is 138 cm³/mol. The van der Waals surface area contributed by atoms with E-state index in [-0.39, 0.29) is 34.7 Å². The topological polar surface area (TPSA) is 92.3 Å². The van der Waals surface area contributed by atoms with Gasteiger partial charge in [0.15, 0.2) is 11.6 Å². The molecule has 1 aliphatic carbocycles. The first-order valence-corrected chi connectivity index (χ1v) is 12.6. The third-order valence-electron chi connectivity index (χ3n) is 5.45. The molecule has 1 aromatic heterocycles. The highest BCUT2D eigenvalue weighted by Gasteiger charge is 2.31. The molecule has 5 rings (SSSR count). The second-order valence-electron chi connectivity index (χ2n) is 7.72. The van der Waals surface area contributed by atoms with Gasteiger partial charge in [-0.25, -0.2) is 0 Å². The van der Waals surface area contributed by atoms with Crippen LogP contribution < -0.4 is 10.6 Å². The second-order valence-corrected chi connectivity index (χ2v) is 9.72. The van der Waals surface area contributed by atoms with Crippen LogP contribution in [0.1, 0.15) is 41.5 Å². The summed E-state index contributed by atoms with van der Waals surface area (Å²) in [4.78, 5) is 52.3. The first kappa shape index (κ1) is 22.8. The molecule has 0 bridgehead atoms. The van der Waals surface area contributed by atoms with Crippen LogP contribution in [0.15, 0.2) is 89.1 Å². The van der Waals surface area contributed by atoms with Crippen LogP contribution in [0.25, 0.3) is 0 Å². The van der Waals surface area contributed by atoms with E-state index in [4.69, 9.17) is 0 Å². The Morgan fingerprint density at radius 1 is 0.743 bits per heavy atom. The number of thiophene rings is 1. The molecule has 35 heavy (non-hydrogen) atoms. The third kappa shape index (κ3) is 4.66. The van der Waals surface area contributed by atoms with Crippen LogP contribution in [-0.2, 0) is 4.79 Å². The van der Waals surface area contributed by atoms with Gasteiger partial charge in [0, 0.05) is 27.3 Å². The summed E-state index contributed by atoms with van der Waals surface area (Å²) < 4.78 is 0. The van der Waals surface area contributed by atoms with Gasteiger partial charge >= 0.3 is 0 Å². The number of rotatable bonds is 6. The summed E-state index contributed by atoms with van der Waals surface area (Å²) in [6.45, 7) is 0. The average Bonchev–Trinajstić information content (AvgIpc) is 3.42. The molecule has 6 nitrogen and oxygen atoms in total. The lowest BCUT2D eigenvalue weighted by Gasteiger charge is -2.20. The number of fused-ring (bicyclic) bond motifs is 2. The molecule has 172 valence electrons. The Morgan fingerprint density at radius 2 is 1.46 bits per heavy atom. The number of thioether (sulfide) groups is 1. The first-order valence-electron chi connectivity index (χ1n) is 10.7. The van der Waals surface area contributed by atoms with E-state index in [1.807, 2.05) is 23.6 Å². The van der Waals surface area contributed by atoms with Crippen LogP contribution in [0.3, 0.4) is 0 Å². The normalized spacial score (nSPS) is 12.0. The lowest BCUT2D eigenvalue weighted by Crippen LogP contribution is -2.24. The molecule has 0 spiro atoms. The standard InChI is InChI=1S/C27H18N2O4S2/c30-23(15-35-17-12-10-16(11-13-17)28-27(33)22-9-4-14-34-22)29-21-8-3-7-20-24(21)26(32)19-6-2-1-5-18(19)25(20)31/h1-14H,15H2,(H,28,33)(H,29,30). The van der Waals surface area contributed by atoms with Crippen molar-refractivity contribution >= 4 is 57.9 Å². The van der Waals surface area contributed by atoms with Crippen LogP contribution in [0.5, 0.6) is 0 Å². The number of hydrogen-bond acceptors (Lipinski definition) is 6. The summed E-state index contributed by atoms with van der Waals surface area (Å²) in [5.74, 6) is -0.853. The monoisotopic (exact) mass is 498 g/mol. The molecular weight excluding hydrogens is 480 g/mol. The lowest BCUT2D eigenvalue weighted by atomic mass is 9.83. The van der Waals surface area contributed by atoms with Gasteiger partial charge < -0.3 is 10.6 Å². The van der Waals surface area contributed by atoms with Gasteiger partial charge in [0.2, 0.25) is 5.91 Å². The molecule has 0 unspecified atom stereocenters. The van der Waals surface area contributed by atoms with E-state index >= 15 is 0 Å². The molecule has 1 aliphatic rings. The van der Waals surface area contributed by atoms with E-state index in [1.165, 1.54) is 23.1 Å². The number of nitrogens with one attached hydrogen (secondary N) is 2. The Labute approximate surface area is 209 Å². The summed E-state index contributed by atoms with van der Waals surface area (Å²) in [7, 11) is 0. The number of amides is 2. The van der Waals surface area contributed by atoms with Crippen molar-refractivity contribution in [2.45, 2.75) is 4.90 Å². The third-order valence-corrected chi connectivity index (χ3v) is 7.33. The van der Waals surface area contributed by atoms with Crippen molar-refractivity contribution in [3.63, 3.8) is 0 Å². The Kier molecular flexibility index (Phi) is 6.31. The maximum atomic E-state index is 13.1. The van der Waals surface area contributed by atoms with Crippen molar-refractivity contribution in [3.05, 3.63) is 111 Å². The molecule has 0 aliphatic heterocycles. The molecule has 1 heterocycles. The van der Waals surface area contributed by atoms with Gasteiger partial charge in [0.25, 0.3) is 5.91 Å². The second kappa shape index (κ2) is 9.69. The molecule has 0 fully saturated rings. The molecule has 3 aromatic carbocycles. The van der Waals surface area contributed by atoms with E-state index < -0.39 is 0 Å². The van der Waals surface area contributed by atoms with Gasteiger partial charge in [0.1, 0.15) is 0 Å². The zero-order valence-electron chi connectivity index (χ0n) is 18.2. The molecule has 0 saturated carbocycles. The molecule has 0 saturated heterocycles. The van der Waals surface area contributed by atoms with Gasteiger partial charge in [-0.1, -0.05) is 42.5 Å². The highest BCUT2D eigenvalue weighted by Crippen LogP contribution is 2.32. The van der Waals surface area contributed by atoms with Gasteiger partial charge in [-0.05, 0) is 41.8 Å². The maximum absolute atomic E-state index is 13.1. The van der Waals surface area contributed by atoms with Crippen molar-refractivity contribution in [3.8, 4) is 0 Å². The number of hydrogen-bond donors (Lipinski definition) is 2. The largest absolute Gasteiger partial charge is 0.325 e. The minimum Gasteiger partial charge on any atom is -0.325 e. The Morgan fingerprint density at radius 3 is 2.17 bits per heavy atom. The fourth-order valence-corrected chi connectivity index (χ4v) is 5.14. The SMILES string of the molecule is O=C(CSc1ccc(NC(=O)c2cccs2)cc1)Nc1cccc2c1C(=O)c1ccccc1C2=O. The minimum absolute atomic E-state index is 0.114.